The summed E-state index contributed by atoms with van der Waals surface area (Å²) in [5.41, 5.74) is -4.50. The molecule has 0 spiro atoms. The molecule has 0 amide bonds. The number of hydrogen-bond donors (Lipinski definition) is 1. The predicted molar refractivity (Wildman–Crippen MR) is 50.0 cm³/mol. The van der Waals surface area contributed by atoms with E-state index >= 15 is 0 Å². The van der Waals surface area contributed by atoms with E-state index in [4.69, 9.17) is 0 Å². The Kier molecular flexibility index (Phi) is 3.28. The first kappa shape index (κ1) is 11.9. The molecule has 0 aliphatic rings. The number of phenolic OH excluding ortho intramolecular Hbond substituents is 1. The zero-order valence-corrected chi connectivity index (χ0v) is 8.45. The predicted octanol–water partition coefficient (Wildman–Crippen LogP) is 3.21. The third-order valence-corrected chi connectivity index (χ3v) is 2.30. The number of ketones is 1. The fourth-order valence-electron chi connectivity index (χ4n) is 0.994. The molecule has 1 N–H and O–H groups in total. The molecule has 0 aromatic heterocycles. The summed E-state index contributed by atoms with van der Waals surface area (Å²) in [4.78, 5) is 10.8. The monoisotopic (exact) mass is 236 g/mol. The van der Waals surface area contributed by atoms with E-state index in [0.717, 1.165) is 18.2 Å². The smallest absolute Gasteiger partial charge is 0.446 e. The Morgan fingerprint density at radius 2 is 2.00 bits per heavy atom. The Morgan fingerprint density at radius 1 is 1.40 bits per heavy atom. The number of phenols is 1. The number of halogens is 3. The summed E-state index contributed by atoms with van der Waals surface area (Å²) in [6.45, 7) is 1.18. The summed E-state index contributed by atoms with van der Waals surface area (Å²) in [7, 11) is 0. The van der Waals surface area contributed by atoms with Crippen LogP contribution in [0.4, 0.5) is 13.2 Å². The molecule has 0 fully saturated rings. The summed E-state index contributed by atoms with van der Waals surface area (Å²) in [6.07, 6.45) is 0. The Balaban J connectivity index is 3.03. The van der Waals surface area contributed by atoms with Gasteiger partial charge in [-0.25, -0.2) is 0 Å². The molecular formula is C9H7F3O2S. The van der Waals surface area contributed by atoms with Crippen LogP contribution in [0.25, 0.3) is 0 Å². The van der Waals surface area contributed by atoms with Crippen molar-refractivity contribution in [3.63, 3.8) is 0 Å². The van der Waals surface area contributed by atoms with Crippen LogP contribution in [-0.2, 0) is 0 Å². The molecule has 0 aliphatic heterocycles. The normalized spacial score (nSPS) is 11.5. The lowest BCUT2D eigenvalue weighted by Crippen LogP contribution is -2.00. The topological polar surface area (TPSA) is 37.3 Å². The molecule has 0 saturated carbocycles. The largest absolute Gasteiger partial charge is 0.507 e. The van der Waals surface area contributed by atoms with Gasteiger partial charge in [0.25, 0.3) is 0 Å². The minimum Gasteiger partial charge on any atom is -0.507 e. The van der Waals surface area contributed by atoms with Crippen LogP contribution < -0.4 is 0 Å². The second kappa shape index (κ2) is 4.14. The van der Waals surface area contributed by atoms with Gasteiger partial charge in [0.05, 0.1) is 5.56 Å². The quantitative estimate of drug-likeness (QED) is 0.632. The molecule has 0 saturated heterocycles. The van der Waals surface area contributed by atoms with Crippen LogP contribution >= 0.6 is 11.8 Å². The van der Waals surface area contributed by atoms with E-state index in [1.54, 1.807) is 0 Å². The van der Waals surface area contributed by atoms with Gasteiger partial charge in [-0.05, 0) is 36.9 Å². The highest BCUT2D eigenvalue weighted by atomic mass is 32.2. The number of carbonyl (C=O) groups is 1. The van der Waals surface area contributed by atoms with Crippen LogP contribution in [0.1, 0.15) is 17.3 Å². The molecule has 0 bridgehead atoms. The first-order chi connectivity index (χ1) is 6.79. The van der Waals surface area contributed by atoms with Crippen molar-refractivity contribution in [3.8, 4) is 5.75 Å². The Morgan fingerprint density at radius 3 is 2.47 bits per heavy atom. The molecule has 1 rings (SSSR count). The molecule has 0 atom stereocenters. The van der Waals surface area contributed by atoms with E-state index in [9.17, 15) is 23.1 Å². The van der Waals surface area contributed by atoms with Gasteiger partial charge in [0.2, 0.25) is 0 Å². The van der Waals surface area contributed by atoms with Gasteiger partial charge in [-0.2, -0.15) is 13.2 Å². The molecule has 0 unspecified atom stereocenters. The van der Waals surface area contributed by atoms with Crippen LogP contribution in [0.5, 0.6) is 5.75 Å². The molecule has 0 heterocycles. The minimum absolute atomic E-state index is 0.107. The van der Waals surface area contributed by atoms with Crippen LogP contribution in [-0.4, -0.2) is 16.4 Å². The van der Waals surface area contributed by atoms with Gasteiger partial charge in [0, 0.05) is 4.90 Å². The average Bonchev–Trinajstić information content (AvgIpc) is 2.05. The fourth-order valence-corrected chi connectivity index (χ4v) is 1.57. The van der Waals surface area contributed by atoms with E-state index in [-0.39, 0.29) is 28.0 Å². The lowest BCUT2D eigenvalue weighted by molar-refractivity contribution is -0.0328. The van der Waals surface area contributed by atoms with Crippen molar-refractivity contribution >= 4 is 17.5 Å². The highest BCUT2D eigenvalue weighted by Crippen LogP contribution is 2.38. The fraction of sp³-hybridized carbons (Fsp3) is 0.222. The first-order valence-corrected chi connectivity index (χ1v) is 4.71. The lowest BCUT2D eigenvalue weighted by Gasteiger charge is -2.07. The third-order valence-electron chi connectivity index (χ3n) is 1.58. The van der Waals surface area contributed by atoms with Crippen LogP contribution in [0.3, 0.4) is 0 Å². The second-order valence-electron chi connectivity index (χ2n) is 2.78. The van der Waals surface area contributed by atoms with Gasteiger partial charge in [-0.1, -0.05) is 0 Å². The van der Waals surface area contributed by atoms with E-state index in [0.29, 0.717) is 0 Å². The molecule has 2 nitrogen and oxygen atoms in total. The number of benzene rings is 1. The summed E-state index contributed by atoms with van der Waals surface area (Å²) in [6, 6.07) is 3.21. The molecule has 15 heavy (non-hydrogen) atoms. The van der Waals surface area contributed by atoms with Gasteiger partial charge >= 0.3 is 5.51 Å². The summed E-state index contributed by atoms with van der Waals surface area (Å²) < 4.78 is 36.0. The average molecular weight is 236 g/mol. The number of Topliss-reactive ketones (excluding diaryl/α,β-unsaturated/α-hetero) is 1. The molecular weight excluding hydrogens is 229 g/mol. The van der Waals surface area contributed by atoms with Crippen molar-refractivity contribution in [1.29, 1.82) is 0 Å². The van der Waals surface area contributed by atoms with Crippen molar-refractivity contribution in [1.82, 2.24) is 0 Å². The minimum atomic E-state index is -4.40. The standard InChI is InChI=1S/C9H7F3O2S/c1-5(13)7-4-6(2-3-8(7)14)15-9(10,11)12/h2-4,14H,1H3. The second-order valence-corrected chi connectivity index (χ2v) is 3.92. The summed E-state index contributed by atoms with van der Waals surface area (Å²) in [5.74, 6) is -0.786. The zero-order valence-electron chi connectivity index (χ0n) is 7.63. The maximum atomic E-state index is 12.0. The molecule has 0 radical (unpaired) electrons. The third kappa shape index (κ3) is 3.47. The zero-order chi connectivity index (χ0) is 11.6. The van der Waals surface area contributed by atoms with Gasteiger partial charge in [-0.15, -0.1) is 0 Å². The van der Waals surface area contributed by atoms with Crippen molar-refractivity contribution in [2.24, 2.45) is 0 Å². The first-order valence-electron chi connectivity index (χ1n) is 3.89. The molecule has 6 heteroatoms. The van der Waals surface area contributed by atoms with Crippen molar-refractivity contribution in [3.05, 3.63) is 23.8 Å². The Hall–Kier alpha value is -1.17. The van der Waals surface area contributed by atoms with E-state index in [1.807, 2.05) is 0 Å². The highest BCUT2D eigenvalue weighted by Gasteiger charge is 2.29. The van der Waals surface area contributed by atoms with Gasteiger partial charge in [0.15, 0.2) is 5.78 Å². The van der Waals surface area contributed by atoms with E-state index in [1.165, 1.54) is 6.92 Å². The Bertz CT molecular complexity index is 387. The molecule has 1 aromatic carbocycles. The number of alkyl halides is 3. The van der Waals surface area contributed by atoms with Gasteiger partial charge in [-0.3, -0.25) is 4.79 Å². The maximum absolute atomic E-state index is 12.0. The van der Waals surface area contributed by atoms with Gasteiger partial charge < -0.3 is 5.11 Å². The van der Waals surface area contributed by atoms with Crippen LogP contribution in [0.2, 0.25) is 0 Å². The number of rotatable bonds is 2. The van der Waals surface area contributed by atoms with Gasteiger partial charge in [0.1, 0.15) is 5.75 Å². The summed E-state index contributed by atoms with van der Waals surface area (Å²) >= 11 is -0.322. The Labute approximate surface area is 88.1 Å². The SMILES string of the molecule is CC(=O)c1cc(SC(F)(F)F)ccc1O. The molecule has 0 aliphatic carbocycles. The molecule has 1 aromatic rings. The van der Waals surface area contributed by atoms with Crippen LogP contribution in [0, 0.1) is 0 Å². The van der Waals surface area contributed by atoms with E-state index in [2.05, 4.69) is 0 Å². The number of thioether (sulfide) groups is 1. The number of aromatic hydroxyl groups is 1. The lowest BCUT2D eigenvalue weighted by atomic mass is 10.1. The number of carbonyl (C=O) groups excluding carboxylic acids is 1. The summed E-state index contributed by atoms with van der Waals surface area (Å²) in [5, 5.41) is 9.19. The molecule has 82 valence electrons. The van der Waals surface area contributed by atoms with Crippen molar-refractivity contribution in [2.75, 3.05) is 0 Å². The van der Waals surface area contributed by atoms with E-state index < -0.39 is 11.3 Å². The maximum Gasteiger partial charge on any atom is 0.446 e. The van der Waals surface area contributed by atoms with Crippen LogP contribution in [0.15, 0.2) is 23.1 Å². The number of hydrogen-bond acceptors (Lipinski definition) is 3. The van der Waals surface area contributed by atoms with Crippen molar-refractivity contribution < 1.29 is 23.1 Å². The van der Waals surface area contributed by atoms with Crippen molar-refractivity contribution in [2.45, 2.75) is 17.3 Å². The highest BCUT2D eigenvalue weighted by molar-refractivity contribution is 8.00.